The van der Waals surface area contributed by atoms with E-state index in [9.17, 15) is 4.79 Å². The van der Waals surface area contributed by atoms with Crippen molar-refractivity contribution >= 4 is 11.6 Å². The lowest BCUT2D eigenvalue weighted by Gasteiger charge is -2.16. The molecule has 0 aliphatic carbocycles. The quantitative estimate of drug-likeness (QED) is 0.675. The number of hydrogen-bond donors (Lipinski definition) is 2. The number of ether oxygens (including phenoxy) is 2. The number of aromatic amines is 1. The van der Waals surface area contributed by atoms with E-state index >= 15 is 0 Å². The van der Waals surface area contributed by atoms with Gasteiger partial charge in [-0.2, -0.15) is 5.21 Å². The number of para-hydroxylation sites is 1. The number of benzene rings is 2. The summed E-state index contributed by atoms with van der Waals surface area (Å²) >= 11 is 0. The van der Waals surface area contributed by atoms with Crippen molar-refractivity contribution in [3.8, 4) is 11.5 Å². The molecule has 0 bridgehead atoms. The predicted molar refractivity (Wildman–Crippen MR) is 95.2 cm³/mol. The van der Waals surface area contributed by atoms with Crippen molar-refractivity contribution in [2.45, 2.75) is 12.3 Å². The average Bonchev–Trinajstić information content (AvgIpc) is 3.20. The van der Waals surface area contributed by atoms with Gasteiger partial charge in [-0.1, -0.05) is 29.5 Å². The Morgan fingerprint density at radius 1 is 1.15 bits per heavy atom. The van der Waals surface area contributed by atoms with Gasteiger partial charge in [0.1, 0.15) is 17.4 Å². The number of rotatable bonds is 7. The number of nitrogens with zero attached hydrogens (tertiary/aromatic N) is 3. The van der Waals surface area contributed by atoms with E-state index in [1.807, 2.05) is 24.3 Å². The van der Waals surface area contributed by atoms with E-state index in [0.29, 0.717) is 29.4 Å². The number of amides is 1. The second kappa shape index (κ2) is 8.11. The van der Waals surface area contributed by atoms with Crippen LogP contribution in [-0.2, 0) is 11.2 Å². The number of carbonyl (C=O) groups excluding carboxylic acids is 1. The van der Waals surface area contributed by atoms with Crippen molar-refractivity contribution in [2.24, 2.45) is 0 Å². The molecule has 1 atom stereocenters. The number of hydrogen-bond acceptors (Lipinski definition) is 6. The molecule has 8 heteroatoms. The SMILES string of the molecule is COc1cccc(NC(=O)[C@H](Cc2ccccc2OC)c2nn[nH]n2)c1. The van der Waals surface area contributed by atoms with E-state index < -0.39 is 5.92 Å². The van der Waals surface area contributed by atoms with Gasteiger partial charge >= 0.3 is 0 Å². The molecule has 0 aliphatic heterocycles. The maximum atomic E-state index is 12.9. The Balaban J connectivity index is 1.85. The van der Waals surface area contributed by atoms with Gasteiger partial charge < -0.3 is 14.8 Å². The zero-order valence-corrected chi connectivity index (χ0v) is 14.5. The van der Waals surface area contributed by atoms with Gasteiger partial charge in [-0.3, -0.25) is 4.79 Å². The number of methoxy groups -OCH3 is 2. The summed E-state index contributed by atoms with van der Waals surface area (Å²) in [6.07, 6.45) is 0.374. The molecular weight excluding hydrogens is 334 g/mol. The van der Waals surface area contributed by atoms with E-state index in [-0.39, 0.29) is 5.91 Å². The number of aromatic nitrogens is 4. The number of tetrazole rings is 1. The summed E-state index contributed by atoms with van der Waals surface area (Å²) in [7, 11) is 3.17. The van der Waals surface area contributed by atoms with E-state index in [4.69, 9.17) is 9.47 Å². The summed E-state index contributed by atoms with van der Waals surface area (Å²) in [6.45, 7) is 0. The largest absolute Gasteiger partial charge is 0.497 e. The van der Waals surface area contributed by atoms with E-state index in [0.717, 1.165) is 5.56 Å². The molecular formula is C18H19N5O3. The minimum atomic E-state index is -0.628. The molecule has 3 aromatic rings. The highest BCUT2D eigenvalue weighted by Gasteiger charge is 2.26. The summed E-state index contributed by atoms with van der Waals surface area (Å²) in [4.78, 5) is 12.9. The fourth-order valence-corrected chi connectivity index (χ4v) is 2.64. The van der Waals surface area contributed by atoms with Crippen molar-refractivity contribution in [3.05, 3.63) is 59.9 Å². The Labute approximate surface area is 150 Å². The molecule has 8 nitrogen and oxygen atoms in total. The molecule has 0 saturated heterocycles. The number of nitrogens with one attached hydrogen (secondary N) is 2. The number of carbonyl (C=O) groups is 1. The Morgan fingerprint density at radius 2 is 2.00 bits per heavy atom. The first-order valence-electron chi connectivity index (χ1n) is 8.01. The summed E-state index contributed by atoms with van der Waals surface area (Å²) in [6, 6.07) is 14.7. The third-order valence-electron chi connectivity index (χ3n) is 3.94. The molecule has 26 heavy (non-hydrogen) atoms. The lowest BCUT2D eigenvalue weighted by molar-refractivity contribution is -0.117. The second-order valence-corrected chi connectivity index (χ2v) is 5.56. The minimum Gasteiger partial charge on any atom is -0.497 e. The van der Waals surface area contributed by atoms with Crippen LogP contribution in [-0.4, -0.2) is 40.8 Å². The van der Waals surface area contributed by atoms with Crippen LogP contribution in [0.3, 0.4) is 0 Å². The Morgan fingerprint density at radius 3 is 2.73 bits per heavy atom. The zero-order valence-electron chi connectivity index (χ0n) is 14.5. The number of H-pyrrole nitrogens is 1. The molecule has 1 aromatic heterocycles. The van der Waals surface area contributed by atoms with Gasteiger partial charge in [0.25, 0.3) is 0 Å². The lowest BCUT2D eigenvalue weighted by Crippen LogP contribution is -2.24. The van der Waals surface area contributed by atoms with Crippen molar-refractivity contribution in [3.63, 3.8) is 0 Å². The van der Waals surface area contributed by atoms with Gasteiger partial charge in [-0.05, 0) is 30.2 Å². The summed E-state index contributed by atoms with van der Waals surface area (Å²) in [5.41, 5.74) is 1.51. The molecule has 0 fully saturated rings. The van der Waals surface area contributed by atoms with Gasteiger partial charge in [0, 0.05) is 11.8 Å². The maximum absolute atomic E-state index is 12.9. The fraction of sp³-hybridized carbons (Fsp3) is 0.222. The fourth-order valence-electron chi connectivity index (χ4n) is 2.64. The summed E-state index contributed by atoms with van der Waals surface area (Å²) < 4.78 is 10.6. The normalized spacial score (nSPS) is 11.6. The van der Waals surface area contributed by atoms with Crippen LogP contribution >= 0.6 is 0 Å². The van der Waals surface area contributed by atoms with Crippen molar-refractivity contribution in [1.29, 1.82) is 0 Å². The molecule has 1 amide bonds. The van der Waals surface area contributed by atoms with Crippen LogP contribution in [0.1, 0.15) is 17.3 Å². The first-order chi connectivity index (χ1) is 12.7. The molecule has 2 N–H and O–H groups in total. The van der Waals surface area contributed by atoms with E-state index in [1.165, 1.54) is 0 Å². The monoisotopic (exact) mass is 353 g/mol. The highest BCUT2D eigenvalue weighted by molar-refractivity contribution is 5.95. The van der Waals surface area contributed by atoms with Crippen LogP contribution in [0.25, 0.3) is 0 Å². The Hall–Kier alpha value is -3.42. The Kier molecular flexibility index (Phi) is 5.43. The van der Waals surface area contributed by atoms with Crippen molar-refractivity contribution < 1.29 is 14.3 Å². The second-order valence-electron chi connectivity index (χ2n) is 5.56. The summed E-state index contributed by atoms with van der Waals surface area (Å²) in [5, 5.41) is 16.8. The van der Waals surface area contributed by atoms with E-state index in [2.05, 4.69) is 25.9 Å². The molecule has 0 aliphatic rings. The van der Waals surface area contributed by atoms with Gasteiger partial charge in [-0.15, -0.1) is 10.2 Å². The molecule has 134 valence electrons. The molecule has 0 saturated carbocycles. The van der Waals surface area contributed by atoms with Crippen molar-refractivity contribution in [1.82, 2.24) is 20.6 Å². The van der Waals surface area contributed by atoms with Crippen molar-refractivity contribution in [2.75, 3.05) is 19.5 Å². The van der Waals surface area contributed by atoms with E-state index in [1.54, 1.807) is 38.5 Å². The van der Waals surface area contributed by atoms with Gasteiger partial charge in [-0.25, -0.2) is 0 Å². The topological polar surface area (TPSA) is 102 Å². The van der Waals surface area contributed by atoms with Crippen LogP contribution in [0.15, 0.2) is 48.5 Å². The maximum Gasteiger partial charge on any atom is 0.235 e. The highest BCUT2D eigenvalue weighted by atomic mass is 16.5. The van der Waals surface area contributed by atoms with Crippen LogP contribution in [0, 0.1) is 0 Å². The average molecular weight is 353 g/mol. The number of anilines is 1. The third-order valence-corrected chi connectivity index (χ3v) is 3.94. The lowest BCUT2D eigenvalue weighted by atomic mass is 9.97. The minimum absolute atomic E-state index is 0.245. The Bertz CT molecular complexity index is 867. The molecule has 2 aromatic carbocycles. The van der Waals surface area contributed by atoms with Crippen LogP contribution in [0.5, 0.6) is 11.5 Å². The first-order valence-corrected chi connectivity index (χ1v) is 8.01. The predicted octanol–water partition coefficient (Wildman–Crippen LogP) is 2.18. The molecule has 0 radical (unpaired) electrons. The molecule has 1 heterocycles. The van der Waals surface area contributed by atoms with Gasteiger partial charge in [0.05, 0.1) is 14.2 Å². The standard InChI is InChI=1S/C18H19N5O3/c1-25-14-8-5-7-13(11-14)19-18(24)15(17-20-22-23-21-17)10-12-6-3-4-9-16(12)26-2/h3-9,11,15H,10H2,1-2H3,(H,19,24)(H,20,21,22,23)/t15-/m1/s1. The molecule has 0 unspecified atom stereocenters. The smallest absolute Gasteiger partial charge is 0.235 e. The molecule has 0 spiro atoms. The first kappa shape index (κ1) is 17.4. The highest BCUT2D eigenvalue weighted by Crippen LogP contribution is 2.26. The van der Waals surface area contributed by atoms with Gasteiger partial charge in [0.2, 0.25) is 5.91 Å². The van der Waals surface area contributed by atoms with Crippen LogP contribution < -0.4 is 14.8 Å². The zero-order chi connectivity index (χ0) is 18.4. The summed E-state index contributed by atoms with van der Waals surface area (Å²) in [5.74, 6) is 0.803. The van der Waals surface area contributed by atoms with Crippen LogP contribution in [0.4, 0.5) is 5.69 Å². The third kappa shape index (κ3) is 3.97. The van der Waals surface area contributed by atoms with Crippen LogP contribution in [0.2, 0.25) is 0 Å². The van der Waals surface area contributed by atoms with Gasteiger partial charge in [0.15, 0.2) is 5.82 Å². The molecule has 3 rings (SSSR count).